The number of amides is 1. The fourth-order valence-electron chi connectivity index (χ4n) is 2.70. The number of aromatic nitrogens is 3. The van der Waals surface area contributed by atoms with E-state index in [9.17, 15) is 4.79 Å². The van der Waals surface area contributed by atoms with Crippen molar-refractivity contribution in [2.45, 2.75) is 40.2 Å². The van der Waals surface area contributed by atoms with Gasteiger partial charge in [-0.2, -0.15) is 0 Å². The van der Waals surface area contributed by atoms with E-state index in [2.05, 4.69) is 15.3 Å². The molecule has 1 amide bonds. The number of hydrogen-bond acceptors (Lipinski definition) is 4. The van der Waals surface area contributed by atoms with E-state index < -0.39 is 5.41 Å². The Kier molecular flexibility index (Phi) is 5.50. The first-order valence-corrected chi connectivity index (χ1v) is 8.00. The Bertz CT molecular complexity index is 652. The summed E-state index contributed by atoms with van der Waals surface area (Å²) in [6.45, 7) is 6.69. The number of imidazole rings is 1. The average molecular weight is 315 g/mol. The lowest BCUT2D eigenvalue weighted by Crippen LogP contribution is -2.45. The molecule has 3 N–H and O–H groups in total. The summed E-state index contributed by atoms with van der Waals surface area (Å²) < 4.78 is 1.91. The molecule has 0 aliphatic rings. The van der Waals surface area contributed by atoms with E-state index in [0.29, 0.717) is 13.1 Å². The van der Waals surface area contributed by atoms with Crippen molar-refractivity contribution < 1.29 is 4.79 Å². The van der Waals surface area contributed by atoms with E-state index in [4.69, 9.17) is 5.73 Å². The topological polar surface area (TPSA) is 85.8 Å². The monoisotopic (exact) mass is 315 g/mol. The van der Waals surface area contributed by atoms with Crippen molar-refractivity contribution in [2.24, 2.45) is 11.1 Å². The Morgan fingerprint density at radius 2 is 2.04 bits per heavy atom. The highest BCUT2D eigenvalue weighted by molar-refractivity contribution is 5.82. The molecule has 2 aromatic rings. The van der Waals surface area contributed by atoms with Crippen LogP contribution in [0.3, 0.4) is 0 Å². The highest BCUT2D eigenvalue weighted by Crippen LogP contribution is 2.25. The Labute approximate surface area is 137 Å². The number of nitrogens with one attached hydrogen (secondary N) is 1. The van der Waals surface area contributed by atoms with Gasteiger partial charge in [0.1, 0.15) is 11.6 Å². The molecule has 2 rings (SSSR count). The first-order chi connectivity index (χ1) is 11.1. The van der Waals surface area contributed by atoms with Crippen molar-refractivity contribution in [1.82, 2.24) is 19.9 Å². The number of rotatable bonds is 7. The van der Waals surface area contributed by atoms with Crippen LogP contribution in [0.4, 0.5) is 0 Å². The van der Waals surface area contributed by atoms with Gasteiger partial charge in [0.05, 0.1) is 5.41 Å². The number of hydrogen-bond donors (Lipinski definition) is 2. The molecule has 124 valence electrons. The summed E-state index contributed by atoms with van der Waals surface area (Å²) >= 11 is 0. The lowest BCUT2D eigenvalue weighted by Gasteiger charge is -2.28. The molecule has 0 radical (unpaired) electrons. The molecule has 0 aliphatic carbocycles. The number of aryl methyl sites for hydroxylation is 1. The molecule has 0 aliphatic heterocycles. The maximum Gasteiger partial charge on any atom is 0.227 e. The number of nitrogens with two attached hydrogens (primary N) is 1. The number of pyridine rings is 1. The highest BCUT2D eigenvalue weighted by atomic mass is 16.2. The molecule has 2 heterocycles. The van der Waals surface area contributed by atoms with E-state index in [1.165, 1.54) is 0 Å². The molecule has 0 aromatic carbocycles. The standard InChI is InChI=1S/C17H25N5O/c1-4-17(5-2,12-18)16(23)21-11-14-7-6-8-20-15(14)22-10-9-19-13(22)3/h6-10H,4-5,11-12,18H2,1-3H3,(H,21,23). The maximum atomic E-state index is 12.6. The van der Waals surface area contributed by atoms with E-state index in [1.54, 1.807) is 12.4 Å². The Hall–Kier alpha value is -2.21. The zero-order valence-corrected chi connectivity index (χ0v) is 14.0. The number of carbonyl (C=O) groups excluding carboxylic acids is 1. The van der Waals surface area contributed by atoms with Crippen LogP contribution in [0.2, 0.25) is 0 Å². The molecule has 0 bridgehead atoms. The SMILES string of the molecule is CCC(CC)(CN)C(=O)NCc1cccnc1-n1ccnc1C. The van der Waals surface area contributed by atoms with Crippen molar-refractivity contribution in [2.75, 3.05) is 6.54 Å². The van der Waals surface area contributed by atoms with Crippen LogP contribution in [0.25, 0.3) is 5.82 Å². The molecule has 0 saturated carbocycles. The van der Waals surface area contributed by atoms with Gasteiger partial charge in [-0.15, -0.1) is 0 Å². The number of carbonyl (C=O) groups is 1. The van der Waals surface area contributed by atoms with Crippen molar-refractivity contribution in [3.05, 3.63) is 42.1 Å². The average Bonchev–Trinajstić information content (AvgIpc) is 3.01. The highest BCUT2D eigenvalue weighted by Gasteiger charge is 2.33. The Morgan fingerprint density at radius 3 is 2.61 bits per heavy atom. The fourth-order valence-corrected chi connectivity index (χ4v) is 2.70. The lowest BCUT2D eigenvalue weighted by molar-refractivity contribution is -0.131. The zero-order valence-electron chi connectivity index (χ0n) is 14.0. The van der Waals surface area contributed by atoms with Gasteiger partial charge in [0.2, 0.25) is 5.91 Å². The molecule has 0 atom stereocenters. The van der Waals surface area contributed by atoms with Gasteiger partial charge in [-0.3, -0.25) is 9.36 Å². The summed E-state index contributed by atoms with van der Waals surface area (Å²) in [7, 11) is 0. The smallest absolute Gasteiger partial charge is 0.227 e. The third-order valence-electron chi connectivity index (χ3n) is 4.59. The van der Waals surface area contributed by atoms with Gasteiger partial charge in [0.15, 0.2) is 0 Å². The maximum absolute atomic E-state index is 12.6. The van der Waals surface area contributed by atoms with Crippen molar-refractivity contribution >= 4 is 5.91 Å². The van der Waals surface area contributed by atoms with E-state index in [0.717, 1.165) is 30.0 Å². The third kappa shape index (κ3) is 3.42. The first-order valence-electron chi connectivity index (χ1n) is 8.00. The molecule has 2 aromatic heterocycles. The lowest BCUT2D eigenvalue weighted by atomic mass is 9.81. The molecule has 6 nitrogen and oxygen atoms in total. The van der Waals surface area contributed by atoms with Crippen molar-refractivity contribution in [3.63, 3.8) is 0 Å². The number of nitrogens with zero attached hydrogens (tertiary/aromatic N) is 3. The van der Waals surface area contributed by atoms with E-state index in [1.807, 2.05) is 43.7 Å². The van der Waals surface area contributed by atoms with Gasteiger partial charge < -0.3 is 11.1 Å². The molecule has 0 unspecified atom stereocenters. The predicted molar refractivity (Wildman–Crippen MR) is 90.0 cm³/mol. The van der Waals surface area contributed by atoms with Crippen molar-refractivity contribution in [3.8, 4) is 5.82 Å². The van der Waals surface area contributed by atoms with Crippen molar-refractivity contribution in [1.29, 1.82) is 0 Å². The Morgan fingerprint density at radius 1 is 1.30 bits per heavy atom. The summed E-state index contributed by atoms with van der Waals surface area (Å²) in [5, 5.41) is 3.02. The molecule has 0 fully saturated rings. The minimum Gasteiger partial charge on any atom is -0.351 e. The molecule has 0 spiro atoms. The van der Waals surface area contributed by atoms with Crippen LogP contribution in [0, 0.1) is 12.3 Å². The minimum absolute atomic E-state index is 0.00200. The van der Waals surface area contributed by atoms with Crippen LogP contribution in [0.1, 0.15) is 38.1 Å². The largest absolute Gasteiger partial charge is 0.351 e. The zero-order chi connectivity index (χ0) is 16.9. The first kappa shape index (κ1) is 17.1. The third-order valence-corrected chi connectivity index (χ3v) is 4.59. The van der Waals surface area contributed by atoms with Gasteiger partial charge in [-0.1, -0.05) is 19.9 Å². The molecular formula is C17H25N5O. The fraction of sp³-hybridized carbons (Fsp3) is 0.471. The van der Waals surface area contributed by atoms with Crippen LogP contribution in [-0.2, 0) is 11.3 Å². The molecule has 0 saturated heterocycles. The van der Waals surface area contributed by atoms with Gasteiger partial charge in [0, 0.05) is 37.2 Å². The van der Waals surface area contributed by atoms with Crippen LogP contribution >= 0.6 is 0 Å². The van der Waals surface area contributed by atoms with Crippen LogP contribution in [0.15, 0.2) is 30.7 Å². The molecule has 6 heteroatoms. The van der Waals surface area contributed by atoms with Gasteiger partial charge in [0.25, 0.3) is 0 Å². The predicted octanol–water partition coefficient (Wildman–Crippen LogP) is 1.96. The van der Waals surface area contributed by atoms with Gasteiger partial charge >= 0.3 is 0 Å². The van der Waals surface area contributed by atoms with E-state index >= 15 is 0 Å². The quantitative estimate of drug-likeness (QED) is 0.818. The summed E-state index contributed by atoms with van der Waals surface area (Å²) in [4.78, 5) is 21.2. The van der Waals surface area contributed by atoms with Crippen LogP contribution in [0.5, 0.6) is 0 Å². The minimum atomic E-state index is -0.493. The second-order valence-corrected chi connectivity index (χ2v) is 5.70. The van der Waals surface area contributed by atoms with Gasteiger partial charge in [-0.05, 0) is 25.8 Å². The summed E-state index contributed by atoms with van der Waals surface area (Å²) in [5.74, 6) is 1.64. The molecule has 23 heavy (non-hydrogen) atoms. The van der Waals surface area contributed by atoms with Crippen LogP contribution in [-0.4, -0.2) is 27.0 Å². The van der Waals surface area contributed by atoms with E-state index in [-0.39, 0.29) is 5.91 Å². The van der Waals surface area contributed by atoms with Crippen LogP contribution < -0.4 is 11.1 Å². The Balaban J connectivity index is 2.19. The second kappa shape index (κ2) is 7.37. The summed E-state index contributed by atoms with van der Waals surface area (Å²) in [6, 6.07) is 3.83. The second-order valence-electron chi connectivity index (χ2n) is 5.70. The summed E-state index contributed by atoms with van der Waals surface area (Å²) in [5.41, 5.74) is 6.29. The van der Waals surface area contributed by atoms with Gasteiger partial charge in [-0.25, -0.2) is 9.97 Å². The summed E-state index contributed by atoms with van der Waals surface area (Å²) in [6.07, 6.45) is 6.80. The molecular weight excluding hydrogens is 290 g/mol. The normalized spacial score (nSPS) is 11.5.